The highest BCUT2D eigenvalue weighted by Gasteiger charge is 2.20. The quantitative estimate of drug-likeness (QED) is 0.373. The summed E-state index contributed by atoms with van der Waals surface area (Å²) in [5, 5.41) is 14.5. The molecule has 5 rings (SSSR count). The summed E-state index contributed by atoms with van der Waals surface area (Å²) in [7, 11) is 1.81. The summed E-state index contributed by atoms with van der Waals surface area (Å²) in [4.78, 5) is 22.2. The largest absolute Gasteiger partial charge is 0.337 e. The third kappa shape index (κ3) is 3.79. The number of fused-ring (bicyclic) bond motifs is 1. The third-order valence-electron chi connectivity index (χ3n) is 5.09. The summed E-state index contributed by atoms with van der Waals surface area (Å²) in [6.07, 6.45) is 0. The van der Waals surface area contributed by atoms with Gasteiger partial charge in [0.15, 0.2) is 11.6 Å². The van der Waals surface area contributed by atoms with Crippen molar-refractivity contribution in [3.05, 3.63) is 74.6 Å². The highest BCUT2D eigenvalue weighted by Crippen LogP contribution is 2.30. The molecule has 0 atom stereocenters. The molecule has 0 unspecified atom stereocenters. The molecular weight excluding hydrogens is 467 g/mol. The van der Waals surface area contributed by atoms with E-state index in [0.717, 1.165) is 5.69 Å². The molecule has 0 saturated carbocycles. The first-order valence-corrected chi connectivity index (χ1v) is 10.5. The van der Waals surface area contributed by atoms with E-state index < -0.39 is 0 Å². The van der Waals surface area contributed by atoms with E-state index in [-0.39, 0.29) is 22.7 Å². The summed E-state index contributed by atoms with van der Waals surface area (Å²) in [5.74, 6) is 0.556. The van der Waals surface area contributed by atoms with E-state index in [2.05, 4.69) is 30.9 Å². The minimum atomic E-state index is -0.248. The molecule has 0 bridgehead atoms. The van der Waals surface area contributed by atoms with Crippen molar-refractivity contribution >= 4 is 57.5 Å². The van der Waals surface area contributed by atoms with Crippen LogP contribution in [0.3, 0.4) is 0 Å². The number of nitrogens with zero attached hydrogens (tertiary/aromatic N) is 6. The predicted molar refractivity (Wildman–Crippen MR) is 126 cm³/mol. The van der Waals surface area contributed by atoms with Gasteiger partial charge >= 0.3 is 0 Å². The zero-order chi connectivity index (χ0) is 23.1. The van der Waals surface area contributed by atoms with Crippen LogP contribution >= 0.6 is 23.2 Å². The van der Waals surface area contributed by atoms with Crippen LogP contribution in [-0.4, -0.2) is 29.6 Å². The van der Waals surface area contributed by atoms with Crippen molar-refractivity contribution in [2.45, 2.75) is 6.92 Å². The van der Waals surface area contributed by atoms with Crippen molar-refractivity contribution in [1.29, 1.82) is 0 Å². The van der Waals surface area contributed by atoms with Crippen LogP contribution in [0.15, 0.2) is 58.0 Å². The highest BCUT2D eigenvalue weighted by molar-refractivity contribution is 6.42. The number of anilines is 4. The first kappa shape index (κ1) is 21.0. The second-order valence-corrected chi connectivity index (χ2v) is 7.96. The maximum Gasteiger partial charge on any atom is 0.295 e. The minimum absolute atomic E-state index is 0.189. The Labute approximate surface area is 196 Å². The molecule has 2 aromatic carbocycles. The van der Waals surface area contributed by atoms with Crippen LogP contribution in [-0.2, 0) is 7.05 Å². The van der Waals surface area contributed by atoms with Crippen molar-refractivity contribution in [2.75, 3.05) is 10.6 Å². The first-order chi connectivity index (χ1) is 15.9. The smallest absolute Gasteiger partial charge is 0.295 e. The molecule has 0 saturated heterocycles. The zero-order valence-corrected chi connectivity index (χ0v) is 18.9. The molecule has 0 amide bonds. The second-order valence-electron chi connectivity index (χ2n) is 7.15. The third-order valence-corrected chi connectivity index (χ3v) is 5.83. The van der Waals surface area contributed by atoms with Crippen molar-refractivity contribution in [2.24, 2.45) is 7.05 Å². The first-order valence-electron chi connectivity index (χ1n) is 9.76. The average molecular weight is 483 g/mol. The molecule has 0 radical (unpaired) electrons. The summed E-state index contributed by atoms with van der Waals surface area (Å²) in [6, 6.07) is 14.4. The van der Waals surface area contributed by atoms with E-state index >= 15 is 0 Å². The number of hydrogen-bond donors (Lipinski definition) is 2. The molecule has 33 heavy (non-hydrogen) atoms. The van der Waals surface area contributed by atoms with Gasteiger partial charge < -0.3 is 10.6 Å². The molecule has 10 nitrogen and oxygen atoms in total. The number of rotatable bonds is 5. The number of halogens is 2. The molecule has 12 heteroatoms. The number of para-hydroxylation sites is 1. The molecule has 0 aliphatic rings. The highest BCUT2D eigenvalue weighted by atomic mass is 35.5. The Morgan fingerprint density at radius 1 is 0.909 bits per heavy atom. The molecule has 0 spiro atoms. The van der Waals surface area contributed by atoms with Gasteiger partial charge in [0.1, 0.15) is 5.69 Å². The van der Waals surface area contributed by atoms with Crippen LogP contribution < -0.4 is 16.2 Å². The monoisotopic (exact) mass is 482 g/mol. The number of aromatic nitrogens is 6. The van der Waals surface area contributed by atoms with E-state index in [9.17, 15) is 4.79 Å². The molecule has 166 valence electrons. The Bertz CT molecular complexity index is 1540. The Kier molecular flexibility index (Phi) is 5.23. The Balaban J connectivity index is 1.60. The predicted octanol–water partition coefficient (Wildman–Crippen LogP) is 4.60. The fraction of sp³-hybridized carbons (Fsp3) is 0.0952. The van der Waals surface area contributed by atoms with Gasteiger partial charge in [-0.05, 0) is 47.6 Å². The van der Waals surface area contributed by atoms with Gasteiger partial charge in [-0.3, -0.25) is 9.48 Å². The van der Waals surface area contributed by atoms with Gasteiger partial charge in [-0.25, -0.2) is 19.3 Å². The lowest BCUT2D eigenvalue weighted by molar-refractivity contribution is 0.314. The summed E-state index contributed by atoms with van der Waals surface area (Å²) >= 11 is 12.2. The van der Waals surface area contributed by atoms with Crippen LogP contribution in [0.4, 0.5) is 23.0 Å². The molecule has 0 fully saturated rings. The van der Waals surface area contributed by atoms with Crippen LogP contribution in [0.2, 0.25) is 10.0 Å². The maximum absolute atomic E-state index is 13.3. The van der Waals surface area contributed by atoms with Crippen LogP contribution in [0.25, 0.3) is 17.0 Å². The lowest BCUT2D eigenvalue weighted by Crippen LogP contribution is -2.20. The Morgan fingerprint density at radius 2 is 1.58 bits per heavy atom. The van der Waals surface area contributed by atoms with Gasteiger partial charge in [0.05, 0.1) is 21.4 Å². The maximum atomic E-state index is 13.3. The topological polar surface area (TPSA) is 116 Å². The molecular formula is C21H16Cl2N8O2. The van der Waals surface area contributed by atoms with Crippen LogP contribution in [0.5, 0.6) is 0 Å². The van der Waals surface area contributed by atoms with Crippen molar-refractivity contribution in [3.63, 3.8) is 0 Å². The lowest BCUT2D eigenvalue weighted by Gasteiger charge is -2.11. The summed E-state index contributed by atoms with van der Waals surface area (Å²) < 4.78 is 8.07. The van der Waals surface area contributed by atoms with E-state index in [1.165, 1.54) is 0 Å². The van der Waals surface area contributed by atoms with Crippen LogP contribution in [0.1, 0.15) is 5.69 Å². The molecule has 0 aliphatic heterocycles. The molecule has 3 heterocycles. The Hall–Kier alpha value is -3.89. The molecule has 2 N–H and O–H groups in total. The zero-order valence-electron chi connectivity index (χ0n) is 17.4. The lowest BCUT2D eigenvalue weighted by atomic mass is 10.3. The van der Waals surface area contributed by atoms with Gasteiger partial charge in [0, 0.05) is 12.7 Å². The van der Waals surface area contributed by atoms with Gasteiger partial charge in [0.25, 0.3) is 5.56 Å². The number of benzene rings is 2. The standard InChI is InChI=1S/C21H16Cl2N8O2/c1-11-16(21(32)31(30(11)2)13-6-4-3-5-7-13)25-18-17(26-19-20(27-18)29-33-28-19)24-12-8-9-14(22)15(23)10-12/h3-10H,1-2H3,(H,24,26,28)(H,25,27,29). The molecule has 0 aliphatic carbocycles. The van der Waals surface area contributed by atoms with Gasteiger partial charge in [0.2, 0.25) is 11.3 Å². The van der Waals surface area contributed by atoms with Gasteiger partial charge in [-0.2, -0.15) is 0 Å². The van der Waals surface area contributed by atoms with Gasteiger partial charge in [-0.1, -0.05) is 41.4 Å². The van der Waals surface area contributed by atoms with E-state index in [1.807, 2.05) is 37.3 Å². The summed E-state index contributed by atoms with van der Waals surface area (Å²) in [6.45, 7) is 1.83. The van der Waals surface area contributed by atoms with Crippen molar-refractivity contribution in [1.82, 2.24) is 29.6 Å². The second kappa shape index (κ2) is 8.23. The molecule has 5 aromatic rings. The van der Waals surface area contributed by atoms with Crippen LogP contribution in [0, 0.1) is 6.92 Å². The summed E-state index contributed by atoms with van der Waals surface area (Å²) in [5.41, 5.74) is 2.53. The molecule has 3 aromatic heterocycles. The van der Waals surface area contributed by atoms with Crippen molar-refractivity contribution < 1.29 is 4.63 Å². The SMILES string of the molecule is Cc1c(Nc2nc3nonc3nc2Nc2ccc(Cl)c(Cl)c2)c(=O)n(-c2ccccc2)n1C. The normalized spacial score (nSPS) is 11.2. The minimum Gasteiger partial charge on any atom is -0.337 e. The van der Waals surface area contributed by atoms with E-state index in [0.29, 0.717) is 32.9 Å². The Morgan fingerprint density at radius 3 is 2.24 bits per heavy atom. The van der Waals surface area contributed by atoms with Crippen molar-refractivity contribution in [3.8, 4) is 5.69 Å². The number of hydrogen-bond acceptors (Lipinski definition) is 8. The van der Waals surface area contributed by atoms with E-state index in [1.54, 1.807) is 34.6 Å². The fourth-order valence-electron chi connectivity index (χ4n) is 3.35. The average Bonchev–Trinajstić information content (AvgIpc) is 3.34. The van der Waals surface area contributed by atoms with Gasteiger partial charge in [-0.15, -0.1) is 0 Å². The van der Waals surface area contributed by atoms with E-state index in [4.69, 9.17) is 27.8 Å². The number of nitrogens with one attached hydrogen (secondary N) is 2. The fourth-order valence-corrected chi connectivity index (χ4v) is 3.65.